The normalized spacial score (nSPS) is 12.1. The Labute approximate surface area is 99.5 Å². The van der Waals surface area contributed by atoms with Gasteiger partial charge in [-0.1, -0.05) is 54.6 Å². The van der Waals surface area contributed by atoms with E-state index in [2.05, 4.69) is 0 Å². The number of hydrogen-bond donors (Lipinski definition) is 2. The van der Waals surface area contributed by atoms with E-state index in [0.717, 1.165) is 11.1 Å². The predicted molar refractivity (Wildman–Crippen MR) is 66.0 cm³/mol. The van der Waals surface area contributed by atoms with Crippen molar-refractivity contribution in [1.82, 2.24) is 0 Å². The minimum Gasteiger partial charge on any atom is -0.378 e. The lowest BCUT2D eigenvalue weighted by molar-refractivity contribution is -0.126. The highest BCUT2D eigenvalue weighted by Gasteiger charge is 2.17. The zero-order valence-corrected chi connectivity index (χ0v) is 9.21. The van der Waals surface area contributed by atoms with Crippen LogP contribution in [0.2, 0.25) is 0 Å². The largest absolute Gasteiger partial charge is 0.378 e. The van der Waals surface area contributed by atoms with E-state index in [4.69, 9.17) is 5.73 Å². The highest BCUT2D eigenvalue weighted by molar-refractivity contribution is 5.83. The number of hydrogen-bond acceptors (Lipinski definition) is 2. The molecule has 0 bridgehead atoms. The molecule has 2 aromatic rings. The van der Waals surface area contributed by atoms with E-state index in [0.29, 0.717) is 5.56 Å². The first kappa shape index (κ1) is 11.4. The van der Waals surface area contributed by atoms with E-state index >= 15 is 0 Å². The van der Waals surface area contributed by atoms with Crippen LogP contribution in [0.3, 0.4) is 0 Å². The standard InChI is InChI=1S/C14H13NO2/c15-14(17)13(16)12-9-5-4-8-11(12)10-6-2-1-3-7-10/h1-9,13,16H,(H2,15,17). The Kier molecular flexibility index (Phi) is 3.21. The molecule has 0 saturated heterocycles. The average Bonchev–Trinajstić information content (AvgIpc) is 2.39. The first-order chi connectivity index (χ1) is 8.20. The molecule has 1 atom stereocenters. The Morgan fingerprint density at radius 2 is 1.59 bits per heavy atom. The topological polar surface area (TPSA) is 63.3 Å². The summed E-state index contributed by atoms with van der Waals surface area (Å²) >= 11 is 0. The van der Waals surface area contributed by atoms with E-state index in [9.17, 15) is 9.90 Å². The second-order valence-electron chi connectivity index (χ2n) is 3.76. The SMILES string of the molecule is NC(=O)C(O)c1ccccc1-c1ccccc1. The summed E-state index contributed by atoms with van der Waals surface area (Å²) in [6.45, 7) is 0. The van der Waals surface area contributed by atoms with Crippen molar-refractivity contribution in [2.75, 3.05) is 0 Å². The molecule has 1 amide bonds. The molecule has 1 unspecified atom stereocenters. The molecule has 0 aliphatic rings. The number of carbonyl (C=O) groups is 1. The summed E-state index contributed by atoms with van der Waals surface area (Å²) in [6.07, 6.45) is -1.27. The third-order valence-corrected chi connectivity index (χ3v) is 2.61. The van der Waals surface area contributed by atoms with Crippen LogP contribution >= 0.6 is 0 Å². The number of nitrogens with two attached hydrogens (primary N) is 1. The zero-order valence-electron chi connectivity index (χ0n) is 9.21. The van der Waals surface area contributed by atoms with Gasteiger partial charge in [-0.15, -0.1) is 0 Å². The van der Waals surface area contributed by atoms with E-state index in [1.165, 1.54) is 0 Å². The Bertz CT molecular complexity index is 523. The smallest absolute Gasteiger partial charge is 0.250 e. The van der Waals surface area contributed by atoms with Gasteiger partial charge in [-0.05, 0) is 16.7 Å². The number of aliphatic hydroxyl groups excluding tert-OH is 1. The highest BCUT2D eigenvalue weighted by atomic mass is 16.3. The molecule has 17 heavy (non-hydrogen) atoms. The van der Waals surface area contributed by atoms with Crippen LogP contribution in [0.4, 0.5) is 0 Å². The minimum absolute atomic E-state index is 0.534. The molecule has 0 aromatic heterocycles. The second-order valence-corrected chi connectivity index (χ2v) is 3.76. The van der Waals surface area contributed by atoms with Crippen LogP contribution in [-0.4, -0.2) is 11.0 Å². The van der Waals surface area contributed by atoms with Gasteiger partial charge in [-0.25, -0.2) is 0 Å². The minimum atomic E-state index is -1.27. The summed E-state index contributed by atoms with van der Waals surface area (Å²) in [5.74, 6) is -0.742. The van der Waals surface area contributed by atoms with Gasteiger partial charge >= 0.3 is 0 Å². The lowest BCUT2D eigenvalue weighted by Gasteiger charge is -2.12. The van der Waals surface area contributed by atoms with Gasteiger partial charge in [-0.2, -0.15) is 0 Å². The monoisotopic (exact) mass is 227 g/mol. The van der Waals surface area contributed by atoms with Crippen LogP contribution in [0.15, 0.2) is 54.6 Å². The number of rotatable bonds is 3. The number of carbonyl (C=O) groups excluding carboxylic acids is 1. The molecular formula is C14H13NO2. The first-order valence-corrected chi connectivity index (χ1v) is 5.32. The van der Waals surface area contributed by atoms with E-state index in [-0.39, 0.29) is 0 Å². The van der Waals surface area contributed by atoms with Crippen LogP contribution in [0.25, 0.3) is 11.1 Å². The van der Waals surface area contributed by atoms with Crippen LogP contribution in [0.5, 0.6) is 0 Å². The summed E-state index contributed by atoms with van der Waals surface area (Å²) in [5, 5.41) is 9.77. The van der Waals surface area contributed by atoms with Crippen molar-refractivity contribution in [3.63, 3.8) is 0 Å². The van der Waals surface area contributed by atoms with Gasteiger partial charge in [-0.3, -0.25) is 4.79 Å². The second kappa shape index (κ2) is 4.80. The maximum atomic E-state index is 11.1. The summed E-state index contributed by atoms with van der Waals surface area (Å²) in [6, 6.07) is 16.8. The Balaban J connectivity index is 2.52. The van der Waals surface area contributed by atoms with Gasteiger partial charge < -0.3 is 10.8 Å². The molecule has 0 aliphatic heterocycles. The Hall–Kier alpha value is -2.13. The molecule has 0 heterocycles. The van der Waals surface area contributed by atoms with Crippen molar-refractivity contribution in [1.29, 1.82) is 0 Å². The van der Waals surface area contributed by atoms with Crippen molar-refractivity contribution < 1.29 is 9.90 Å². The molecule has 2 rings (SSSR count). The van der Waals surface area contributed by atoms with Crippen molar-refractivity contribution in [2.45, 2.75) is 6.10 Å². The molecule has 0 saturated carbocycles. The van der Waals surface area contributed by atoms with Crippen molar-refractivity contribution >= 4 is 5.91 Å². The summed E-state index contributed by atoms with van der Waals surface area (Å²) in [5.41, 5.74) is 7.43. The molecule has 0 fully saturated rings. The first-order valence-electron chi connectivity index (χ1n) is 5.32. The molecule has 0 radical (unpaired) electrons. The summed E-state index contributed by atoms with van der Waals surface area (Å²) in [7, 11) is 0. The van der Waals surface area contributed by atoms with Crippen LogP contribution in [-0.2, 0) is 4.79 Å². The van der Waals surface area contributed by atoms with E-state index in [1.54, 1.807) is 12.1 Å². The summed E-state index contributed by atoms with van der Waals surface area (Å²) in [4.78, 5) is 11.1. The fourth-order valence-electron chi connectivity index (χ4n) is 1.77. The number of primary amides is 1. The molecule has 3 heteroatoms. The van der Waals surface area contributed by atoms with Gasteiger partial charge in [0.1, 0.15) is 0 Å². The maximum absolute atomic E-state index is 11.1. The molecule has 3 nitrogen and oxygen atoms in total. The van der Waals surface area contributed by atoms with Gasteiger partial charge in [0.05, 0.1) is 0 Å². The molecule has 3 N–H and O–H groups in total. The molecule has 0 aliphatic carbocycles. The molecule has 2 aromatic carbocycles. The lowest BCUT2D eigenvalue weighted by Crippen LogP contribution is -2.21. The number of benzene rings is 2. The average molecular weight is 227 g/mol. The molecule has 86 valence electrons. The third-order valence-electron chi connectivity index (χ3n) is 2.61. The fraction of sp³-hybridized carbons (Fsp3) is 0.0714. The van der Waals surface area contributed by atoms with Gasteiger partial charge in [0.15, 0.2) is 6.10 Å². The number of aliphatic hydroxyl groups is 1. The van der Waals surface area contributed by atoms with Crippen LogP contribution < -0.4 is 5.73 Å². The van der Waals surface area contributed by atoms with Gasteiger partial charge in [0.2, 0.25) is 0 Å². The quantitative estimate of drug-likeness (QED) is 0.840. The van der Waals surface area contributed by atoms with Crippen molar-refractivity contribution in [2.24, 2.45) is 5.73 Å². The Morgan fingerprint density at radius 1 is 1.00 bits per heavy atom. The Morgan fingerprint density at radius 3 is 2.24 bits per heavy atom. The lowest BCUT2D eigenvalue weighted by atomic mass is 9.96. The van der Waals surface area contributed by atoms with Gasteiger partial charge in [0, 0.05) is 0 Å². The van der Waals surface area contributed by atoms with Gasteiger partial charge in [0.25, 0.3) is 5.91 Å². The summed E-state index contributed by atoms with van der Waals surface area (Å²) < 4.78 is 0. The fourth-order valence-corrected chi connectivity index (χ4v) is 1.77. The van der Waals surface area contributed by atoms with Crippen molar-refractivity contribution in [3.05, 3.63) is 60.2 Å². The highest BCUT2D eigenvalue weighted by Crippen LogP contribution is 2.27. The zero-order chi connectivity index (χ0) is 12.3. The van der Waals surface area contributed by atoms with E-state index < -0.39 is 12.0 Å². The molecular weight excluding hydrogens is 214 g/mol. The predicted octanol–water partition coefficient (Wildman–Crippen LogP) is 1.87. The van der Waals surface area contributed by atoms with Crippen LogP contribution in [0.1, 0.15) is 11.7 Å². The third kappa shape index (κ3) is 2.34. The van der Waals surface area contributed by atoms with E-state index in [1.807, 2.05) is 42.5 Å². The van der Waals surface area contributed by atoms with Crippen LogP contribution in [0, 0.1) is 0 Å². The number of amides is 1. The molecule has 0 spiro atoms. The van der Waals surface area contributed by atoms with Crippen molar-refractivity contribution in [3.8, 4) is 11.1 Å². The maximum Gasteiger partial charge on any atom is 0.250 e.